The van der Waals surface area contributed by atoms with Crippen LogP contribution in [0.1, 0.15) is 18.5 Å². The van der Waals surface area contributed by atoms with Crippen LogP contribution in [-0.2, 0) is 11.3 Å². The van der Waals surface area contributed by atoms with Gasteiger partial charge in [0.15, 0.2) is 0 Å². The molecule has 0 saturated carbocycles. The lowest BCUT2D eigenvalue weighted by atomic mass is 9.97. The van der Waals surface area contributed by atoms with Gasteiger partial charge in [-0.25, -0.2) is 0 Å². The van der Waals surface area contributed by atoms with E-state index in [9.17, 15) is 4.79 Å². The Hall–Kier alpha value is -1.62. The Morgan fingerprint density at radius 3 is 3.12 bits per heavy atom. The van der Waals surface area contributed by atoms with E-state index < -0.39 is 0 Å². The SMILES string of the molecule is NCc1cc(N2CCCC(C(N)=O)C2)ccn1. The lowest BCUT2D eigenvalue weighted by Gasteiger charge is -2.33. The molecule has 1 amide bonds. The molecule has 1 unspecified atom stereocenters. The highest BCUT2D eigenvalue weighted by Crippen LogP contribution is 2.23. The fourth-order valence-corrected chi connectivity index (χ4v) is 2.22. The Bertz CT molecular complexity index is 407. The summed E-state index contributed by atoms with van der Waals surface area (Å²) in [5.74, 6) is -0.249. The van der Waals surface area contributed by atoms with Gasteiger partial charge >= 0.3 is 0 Å². The summed E-state index contributed by atoms with van der Waals surface area (Å²) in [4.78, 5) is 17.6. The molecule has 0 bridgehead atoms. The van der Waals surface area contributed by atoms with E-state index in [1.807, 2.05) is 12.1 Å². The van der Waals surface area contributed by atoms with Gasteiger partial charge in [-0.1, -0.05) is 0 Å². The van der Waals surface area contributed by atoms with E-state index in [0.29, 0.717) is 13.1 Å². The maximum Gasteiger partial charge on any atom is 0.222 e. The molecule has 1 fully saturated rings. The number of pyridine rings is 1. The van der Waals surface area contributed by atoms with Crippen LogP contribution in [0.5, 0.6) is 0 Å². The van der Waals surface area contributed by atoms with Gasteiger partial charge in [-0.05, 0) is 25.0 Å². The highest BCUT2D eigenvalue weighted by Gasteiger charge is 2.24. The standard InChI is InChI=1S/C12H18N4O/c13-7-10-6-11(3-4-15-10)16-5-1-2-9(8-16)12(14)17/h3-4,6,9H,1-2,5,7-8,13H2,(H2,14,17). The molecule has 1 aromatic heterocycles. The molecule has 0 aliphatic carbocycles. The number of carbonyl (C=O) groups excluding carboxylic acids is 1. The maximum absolute atomic E-state index is 11.2. The molecular weight excluding hydrogens is 216 g/mol. The van der Waals surface area contributed by atoms with Gasteiger partial charge in [0, 0.05) is 31.5 Å². The summed E-state index contributed by atoms with van der Waals surface area (Å²) in [5.41, 5.74) is 12.9. The third-order valence-corrected chi connectivity index (χ3v) is 3.20. The number of rotatable bonds is 3. The molecule has 17 heavy (non-hydrogen) atoms. The molecule has 2 rings (SSSR count). The van der Waals surface area contributed by atoms with E-state index in [4.69, 9.17) is 11.5 Å². The maximum atomic E-state index is 11.2. The molecule has 5 nitrogen and oxygen atoms in total. The zero-order valence-corrected chi connectivity index (χ0v) is 9.80. The molecule has 1 aliphatic heterocycles. The number of anilines is 1. The van der Waals surface area contributed by atoms with Gasteiger partial charge in [-0.2, -0.15) is 0 Å². The Balaban J connectivity index is 2.13. The van der Waals surface area contributed by atoms with Gasteiger partial charge in [0.2, 0.25) is 5.91 Å². The van der Waals surface area contributed by atoms with Gasteiger partial charge in [0.1, 0.15) is 0 Å². The van der Waals surface area contributed by atoms with Crippen LogP contribution in [-0.4, -0.2) is 24.0 Å². The molecule has 0 radical (unpaired) electrons. The van der Waals surface area contributed by atoms with Crippen molar-refractivity contribution in [2.45, 2.75) is 19.4 Å². The minimum absolute atomic E-state index is 0.0433. The van der Waals surface area contributed by atoms with Crippen molar-refractivity contribution in [3.8, 4) is 0 Å². The number of hydrogen-bond acceptors (Lipinski definition) is 4. The third kappa shape index (κ3) is 2.74. The predicted molar refractivity (Wildman–Crippen MR) is 66.3 cm³/mol. The number of primary amides is 1. The van der Waals surface area contributed by atoms with Crippen molar-refractivity contribution in [2.24, 2.45) is 17.4 Å². The van der Waals surface area contributed by atoms with E-state index in [-0.39, 0.29) is 11.8 Å². The van der Waals surface area contributed by atoms with Crippen LogP contribution in [0, 0.1) is 5.92 Å². The van der Waals surface area contributed by atoms with E-state index in [2.05, 4.69) is 9.88 Å². The first-order valence-corrected chi connectivity index (χ1v) is 5.90. The third-order valence-electron chi connectivity index (χ3n) is 3.20. The largest absolute Gasteiger partial charge is 0.371 e. The molecule has 0 spiro atoms. The lowest BCUT2D eigenvalue weighted by Crippen LogP contribution is -2.41. The summed E-state index contributed by atoms with van der Waals surface area (Å²) in [7, 11) is 0. The van der Waals surface area contributed by atoms with Crippen LogP contribution in [0.2, 0.25) is 0 Å². The van der Waals surface area contributed by atoms with Gasteiger partial charge in [0.25, 0.3) is 0 Å². The van der Waals surface area contributed by atoms with E-state index >= 15 is 0 Å². The summed E-state index contributed by atoms with van der Waals surface area (Å²) in [6.07, 6.45) is 3.64. The van der Waals surface area contributed by atoms with Crippen molar-refractivity contribution in [2.75, 3.05) is 18.0 Å². The van der Waals surface area contributed by atoms with Crippen molar-refractivity contribution in [3.05, 3.63) is 24.0 Å². The molecule has 4 N–H and O–H groups in total. The van der Waals surface area contributed by atoms with E-state index in [1.165, 1.54) is 0 Å². The highest BCUT2D eigenvalue weighted by molar-refractivity contribution is 5.77. The molecule has 92 valence electrons. The molecule has 1 aromatic rings. The van der Waals surface area contributed by atoms with Crippen molar-refractivity contribution in [3.63, 3.8) is 0 Å². The fourth-order valence-electron chi connectivity index (χ4n) is 2.22. The molecule has 1 saturated heterocycles. The molecular formula is C12H18N4O. The molecule has 1 aliphatic rings. The van der Waals surface area contributed by atoms with Crippen molar-refractivity contribution >= 4 is 11.6 Å². The number of carbonyl (C=O) groups is 1. The van der Waals surface area contributed by atoms with Crippen LogP contribution < -0.4 is 16.4 Å². The minimum Gasteiger partial charge on any atom is -0.371 e. The average molecular weight is 234 g/mol. The smallest absolute Gasteiger partial charge is 0.222 e. The Morgan fingerprint density at radius 2 is 2.41 bits per heavy atom. The molecule has 2 heterocycles. The fraction of sp³-hybridized carbons (Fsp3) is 0.500. The number of nitrogens with two attached hydrogens (primary N) is 2. The Labute approximate surface area is 101 Å². The first-order valence-electron chi connectivity index (χ1n) is 5.90. The summed E-state index contributed by atoms with van der Waals surface area (Å²) < 4.78 is 0. The number of nitrogens with zero attached hydrogens (tertiary/aromatic N) is 2. The molecule has 5 heteroatoms. The monoisotopic (exact) mass is 234 g/mol. The topological polar surface area (TPSA) is 85.2 Å². The first-order chi connectivity index (χ1) is 8.20. The van der Waals surface area contributed by atoms with Gasteiger partial charge in [0.05, 0.1) is 11.6 Å². The van der Waals surface area contributed by atoms with Gasteiger partial charge in [-0.3, -0.25) is 9.78 Å². The van der Waals surface area contributed by atoms with Crippen molar-refractivity contribution < 1.29 is 4.79 Å². The lowest BCUT2D eigenvalue weighted by molar-refractivity contribution is -0.122. The van der Waals surface area contributed by atoms with Crippen LogP contribution in [0.3, 0.4) is 0 Å². The number of hydrogen-bond donors (Lipinski definition) is 2. The number of amides is 1. The summed E-state index contributed by atoms with van der Waals surface area (Å²) in [6, 6.07) is 3.92. The van der Waals surface area contributed by atoms with Crippen LogP contribution >= 0.6 is 0 Å². The van der Waals surface area contributed by atoms with Crippen LogP contribution in [0.25, 0.3) is 0 Å². The Morgan fingerprint density at radius 1 is 1.59 bits per heavy atom. The van der Waals surface area contributed by atoms with Crippen molar-refractivity contribution in [1.29, 1.82) is 0 Å². The average Bonchev–Trinajstić information content (AvgIpc) is 2.39. The van der Waals surface area contributed by atoms with Crippen LogP contribution in [0.4, 0.5) is 5.69 Å². The number of aromatic nitrogens is 1. The summed E-state index contributed by atoms with van der Waals surface area (Å²) >= 11 is 0. The summed E-state index contributed by atoms with van der Waals surface area (Å²) in [5, 5.41) is 0. The van der Waals surface area contributed by atoms with E-state index in [1.54, 1.807) is 6.20 Å². The second-order valence-electron chi connectivity index (χ2n) is 4.40. The normalized spacial score (nSPS) is 20.3. The molecule has 1 atom stereocenters. The van der Waals surface area contributed by atoms with Crippen molar-refractivity contribution in [1.82, 2.24) is 4.98 Å². The van der Waals surface area contributed by atoms with Gasteiger partial charge < -0.3 is 16.4 Å². The number of piperidine rings is 1. The second kappa shape index (κ2) is 5.14. The zero-order valence-electron chi connectivity index (χ0n) is 9.80. The Kier molecular flexibility index (Phi) is 3.58. The highest BCUT2D eigenvalue weighted by atomic mass is 16.1. The predicted octanol–water partition coefficient (Wildman–Crippen LogP) is 0.242. The minimum atomic E-state index is -0.206. The van der Waals surface area contributed by atoms with Crippen LogP contribution in [0.15, 0.2) is 18.3 Å². The summed E-state index contributed by atoms with van der Waals surface area (Å²) in [6.45, 7) is 2.09. The van der Waals surface area contributed by atoms with E-state index in [0.717, 1.165) is 30.8 Å². The quantitative estimate of drug-likeness (QED) is 0.784. The zero-order chi connectivity index (χ0) is 12.3. The first kappa shape index (κ1) is 11.9. The second-order valence-corrected chi connectivity index (χ2v) is 4.40. The molecule has 0 aromatic carbocycles. The van der Waals surface area contributed by atoms with Gasteiger partial charge in [-0.15, -0.1) is 0 Å².